The zero-order valence-corrected chi connectivity index (χ0v) is 19.2. The van der Waals surface area contributed by atoms with E-state index in [1.807, 2.05) is 36.4 Å². The van der Waals surface area contributed by atoms with Crippen molar-refractivity contribution in [3.05, 3.63) is 95.0 Å². The smallest absolute Gasteiger partial charge is 0.262 e. The van der Waals surface area contributed by atoms with Crippen molar-refractivity contribution in [1.82, 2.24) is 0 Å². The highest BCUT2D eigenvalue weighted by Gasteiger charge is 2.51. The van der Waals surface area contributed by atoms with E-state index in [9.17, 15) is 5.11 Å². The molecule has 0 aliphatic heterocycles. The Labute approximate surface area is 177 Å². The molecule has 1 unspecified atom stereocenters. The van der Waals surface area contributed by atoms with Crippen LogP contribution in [0.2, 0.25) is 5.04 Å². The molecule has 0 spiro atoms. The third-order valence-electron chi connectivity index (χ3n) is 5.15. The fraction of sp³-hybridized carbons (Fsp3) is 0.250. The monoisotopic (exact) mass is 454 g/mol. The molecular weight excluding hydrogens is 428 g/mol. The molecule has 0 aromatic heterocycles. The first-order valence-electron chi connectivity index (χ1n) is 9.54. The van der Waals surface area contributed by atoms with E-state index in [1.165, 1.54) is 10.4 Å². The minimum Gasteiger partial charge on any atom is -0.398 e. The average Bonchev–Trinajstić information content (AvgIpc) is 2.70. The Morgan fingerprint density at radius 1 is 0.821 bits per heavy atom. The van der Waals surface area contributed by atoms with Gasteiger partial charge in [-0.1, -0.05) is 116 Å². The van der Waals surface area contributed by atoms with Crippen LogP contribution in [-0.2, 0) is 4.43 Å². The third kappa shape index (κ3) is 4.01. The summed E-state index contributed by atoms with van der Waals surface area (Å²) in [4.78, 5) is 0. The highest BCUT2D eigenvalue weighted by molar-refractivity contribution is 9.10. The van der Waals surface area contributed by atoms with Gasteiger partial charge in [-0.3, -0.25) is 0 Å². The lowest BCUT2D eigenvalue weighted by Gasteiger charge is -2.45. The van der Waals surface area contributed by atoms with Gasteiger partial charge in [-0.05, 0) is 27.0 Å². The van der Waals surface area contributed by atoms with Gasteiger partial charge in [-0.2, -0.15) is 0 Å². The number of rotatable bonds is 6. The summed E-state index contributed by atoms with van der Waals surface area (Å²) in [5.74, 6) is 0. The summed E-state index contributed by atoms with van der Waals surface area (Å²) < 4.78 is 8.00. The topological polar surface area (TPSA) is 29.5 Å². The normalized spacial score (nSPS) is 13.3. The molecule has 0 aliphatic rings. The molecule has 4 heteroatoms. The number of aliphatic hydroxyl groups excluding tert-OH is 1. The fourth-order valence-corrected chi connectivity index (χ4v) is 9.02. The molecule has 1 N–H and O–H groups in total. The van der Waals surface area contributed by atoms with Crippen LogP contribution in [0.3, 0.4) is 0 Å². The molecule has 2 nitrogen and oxygen atoms in total. The summed E-state index contributed by atoms with van der Waals surface area (Å²) in [6, 6.07) is 29.0. The Morgan fingerprint density at radius 3 is 1.71 bits per heavy atom. The van der Waals surface area contributed by atoms with Gasteiger partial charge in [0.25, 0.3) is 8.32 Å². The highest BCUT2D eigenvalue weighted by atomic mass is 79.9. The summed E-state index contributed by atoms with van der Waals surface area (Å²) in [6.45, 7) is 6.65. The number of hydrogen-bond donors (Lipinski definition) is 1. The van der Waals surface area contributed by atoms with Crippen LogP contribution in [0.4, 0.5) is 0 Å². The molecule has 0 aliphatic carbocycles. The van der Waals surface area contributed by atoms with Crippen molar-refractivity contribution in [3.8, 4) is 0 Å². The molecule has 0 saturated heterocycles. The van der Waals surface area contributed by atoms with Crippen molar-refractivity contribution in [2.75, 3.05) is 6.61 Å². The maximum atomic E-state index is 10.3. The molecule has 0 radical (unpaired) electrons. The Kier molecular flexibility index (Phi) is 6.56. The molecule has 0 amide bonds. The van der Waals surface area contributed by atoms with E-state index < -0.39 is 14.4 Å². The lowest BCUT2D eigenvalue weighted by atomic mass is 10.1. The van der Waals surface area contributed by atoms with Crippen LogP contribution < -0.4 is 10.4 Å². The second kappa shape index (κ2) is 8.74. The molecule has 0 heterocycles. The van der Waals surface area contributed by atoms with Crippen LogP contribution >= 0.6 is 15.9 Å². The first-order valence-corrected chi connectivity index (χ1v) is 12.2. The number of aliphatic hydroxyl groups is 1. The van der Waals surface area contributed by atoms with Crippen molar-refractivity contribution in [1.29, 1.82) is 0 Å². The van der Waals surface area contributed by atoms with Gasteiger partial charge < -0.3 is 9.53 Å². The molecule has 0 bridgehead atoms. The van der Waals surface area contributed by atoms with E-state index in [2.05, 4.69) is 85.2 Å². The maximum Gasteiger partial charge on any atom is 0.262 e. The van der Waals surface area contributed by atoms with E-state index in [0.717, 1.165) is 10.0 Å². The van der Waals surface area contributed by atoms with Gasteiger partial charge in [0, 0.05) is 4.47 Å². The summed E-state index contributed by atoms with van der Waals surface area (Å²) in [5, 5.41) is 12.6. The molecule has 3 aromatic carbocycles. The van der Waals surface area contributed by atoms with Crippen LogP contribution in [0.1, 0.15) is 32.4 Å². The maximum absolute atomic E-state index is 10.3. The predicted octanol–water partition coefficient (Wildman–Crippen LogP) is 5.06. The molecular formula is C24H27BrO2Si. The van der Waals surface area contributed by atoms with Crippen LogP contribution in [0.15, 0.2) is 89.4 Å². The van der Waals surface area contributed by atoms with Crippen LogP contribution in [0.25, 0.3) is 0 Å². The van der Waals surface area contributed by atoms with E-state index in [1.54, 1.807) is 0 Å². The van der Waals surface area contributed by atoms with Crippen molar-refractivity contribution < 1.29 is 9.53 Å². The van der Waals surface area contributed by atoms with Gasteiger partial charge in [0.1, 0.15) is 0 Å². The Morgan fingerprint density at radius 2 is 1.29 bits per heavy atom. The van der Waals surface area contributed by atoms with E-state index in [4.69, 9.17) is 4.43 Å². The minimum absolute atomic E-state index is 0.0763. The van der Waals surface area contributed by atoms with Crippen LogP contribution in [0.5, 0.6) is 0 Å². The molecule has 28 heavy (non-hydrogen) atoms. The van der Waals surface area contributed by atoms with Crippen molar-refractivity contribution in [2.45, 2.75) is 31.9 Å². The summed E-state index contributed by atoms with van der Waals surface area (Å²) in [6.07, 6.45) is -0.415. The molecule has 0 saturated carbocycles. The van der Waals surface area contributed by atoms with Gasteiger partial charge in [0.2, 0.25) is 0 Å². The summed E-state index contributed by atoms with van der Waals surface area (Å²) in [7, 11) is -2.72. The Hall–Kier alpha value is -1.72. The first kappa shape index (κ1) is 21.0. The predicted molar refractivity (Wildman–Crippen MR) is 123 cm³/mol. The van der Waals surface area contributed by atoms with Gasteiger partial charge in [0.05, 0.1) is 12.7 Å². The van der Waals surface area contributed by atoms with Gasteiger partial charge in [-0.25, -0.2) is 0 Å². The van der Waals surface area contributed by atoms with Gasteiger partial charge in [-0.15, -0.1) is 0 Å². The first-order chi connectivity index (χ1) is 13.4. The number of hydrogen-bond acceptors (Lipinski definition) is 2. The zero-order chi connectivity index (χ0) is 20.2. The molecule has 3 rings (SSSR count). The number of benzene rings is 3. The largest absolute Gasteiger partial charge is 0.398 e. The summed E-state index contributed by atoms with van der Waals surface area (Å²) >= 11 is 3.63. The second-order valence-electron chi connectivity index (χ2n) is 7.97. The minimum atomic E-state index is -2.72. The zero-order valence-electron chi connectivity index (χ0n) is 16.6. The highest BCUT2D eigenvalue weighted by Crippen LogP contribution is 2.40. The van der Waals surface area contributed by atoms with Crippen LogP contribution in [0, 0.1) is 0 Å². The molecule has 1 atom stereocenters. The third-order valence-corrected chi connectivity index (χ3v) is 10.9. The van der Waals surface area contributed by atoms with E-state index in [0.29, 0.717) is 0 Å². The Bertz CT molecular complexity index is 852. The molecule has 146 valence electrons. The Balaban J connectivity index is 2.22. The molecule has 3 aromatic rings. The fourth-order valence-electron chi connectivity index (χ4n) is 3.84. The van der Waals surface area contributed by atoms with Gasteiger partial charge in [0.15, 0.2) is 0 Å². The van der Waals surface area contributed by atoms with E-state index in [-0.39, 0.29) is 11.6 Å². The standard InChI is InChI=1S/C24H27BrO2Si/c1-24(2,3)28(19-12-6-4-7-13-19,20-14-8-5-9-15-20)27-23(18-26)21-16-10-11-17-22(21)25/h4-17,23,26H,18H2,1-3H3. The van der Waals surface area contributed by atoms with E-state index >= 15 is 0 Å². The van der Waals surface area contributed by atoms with Crippen molar-refractivity contribution in [3.63, 3.8) is 0 Å². The second-order valence-corrected chi connectivity index (χ2v) is 13.1. The van der Waals surface area contributed by atoms with Gasteiger partial charge >= 0.3 is 0 Å². The average molecular weight is 455 g/mol. The van der Waals surface area contributed by atoms with Crippen molar-refractivity contribution in [2.24, 2.45) is 0 Å². The number of halogens is 1. The quantitative estimate of drug-likeness (QED) is 0.527. The lowest BCUT2D eigenvalue weighted by Crippen LogP contribution is -2.67. The lowest BCUT2D eigenvalue weighted by molar-refractivity contribution is 0.107. The van der Waals surface area contributed by atoms with Crippen LogP contribution in [-0.4, -0.2) is 20.0 Å². The SMILES string of the molecule is CC(C)(C)[Si](OC(CO)c1ccccc1Br)(c1ccccc1)c1ccccc1. The molecule has 0 fully saturated rings. The summed E-state index contributed by atoms with van der Waals surface area (Å²) in [5.41, 5.74) is 0.970. The van der Waals surface area contributed by atoms with Crippen molar-refractivity contribution >= 4 is 34.6 Å².